The molecule has 24 heavy (non-hydrogen) atoms. The van der Waals surface area contributed by atoms with Gasteiger partial charge in [0.1, 0.15) is 5.69 Å². The molecule has 1 aromatic carbocycles. The summed E-state index contributed by atoms with van der Waals surface area (Å²) in [6.45, 7) is 12.8. The van der Waals surface area contributed by atoms with Crippen LogP contribution in [0.4, 0.5) is 0 Å². The first-order valence-corrected chi connectivity index (χ1v) is 8.60. The fraction of sp³-hybridized carbons (Fsp3) is 0.500. The Morgan fingerprint density at radius 1 is 1.12 bits per heavy atom. The lowest BCUT2D eigenvalue weighted by molar-refractivity contribution is -0.134. The zero-order valence-corrected chi connectivity index (χ0v) is 15.6. The van der Waals surface area contributed by atoms with Gasteiger partial charge in [0.15, 0.2) is 5.76 Å². The van der Waals surface area contributed by atoms with Crippen molar-refractivity contribution in [3.8, 4) is 11.3 Å². The Bertz CT molecular complexity index is 701. The van der Waals surface area contributed by atoms with Crippen molar-refractivity contribution in [2.24, 2.45) is 5.92 Å². The number of rotatable bonds is 6. The Labute approximate surface area is 144 Å². The van der Waals surface area contributed by atoms with Crippen LogP contribution in [0.3, 0.4) is 0 Å². The first-order chi connectivity index (χ1) is 11.3. The quantitative estimate of drug-likeness (QED) is 0.769. The average Bonchev–Trinajstić information content (AvgIpc) is 2.95. The molecule has 0 unspecified atom stereocenters. The lowest BCUT2D eigenvalue weighted by Gasteiger charge is -2.26. The smallest absolute Gasteiger partial charge is 0.223 e. The molecule has 0 radical (unpaired) electrons. The molecule has 0 saturated carbocycles. The van der Waals surface area contributed by atoms with Crippen LogP contribution in [-0.4, -0.2) is 22.0 Å². The van der Waals surface area contributed by atoms with E-state index in [1.54, 1.807) is 0 Å². The third-order valence-corrected chi connectivity index (χ3v) is 4.21. The highest BCUT2D eigenvalue weighted by Crippen LogP contribution is 2.24. The van der Waals surface area contributed by atoms with Crippen LogP contribution in [0, 0.1) is 19.8 Å². The van der Waals surface area contributed by atoms with E-state index in [2.05, 4.69) is 45.0 Å². The van der Waals surface area contributed by atoms with Gasteiger partial charge in [0.2, 0.25) is 5.91 Å². The maximum Gasteiger partial charge on any atom is 0.223 e. The molecule has 1 heterocycles. The Kier molecular flexibility index (Phi) is 5.81. The third-order valence-electron chi connectivity index (χ3n) is 4.21. The number of benzene rings is 1. The van der Waals surface area contributed by atoms with Crippen LogP contribution in [0.2, 0.25) is 0 Å². The Hall–Kier alpha value is -2.10. The first kappa shape index (κ1) is 18.2. The molecule has 130 valence electrons. The highest BCUT2D eigenvalue weighted by molar-refractivity contribution is 5.76. The number of carbonyl (C=O) groups excluding carboxylic acids is 1. The minimum Gasteiger partial charge on any atom is -0.356 e. The summed E-state index contributed by atoms with van der Waals surface area (Å²) in [7, 11) is 0. The summed E-state index contributed by atoms with van der Waals surface area (Å²) in [5.74, 6) is 1.26. The number of nitrogens with zero attached hydrogens (tertiary/aromatic N) is 2. The van der Waals surface area contributed by atoms with Crippen LogP contribution in [0.25, 0.3) is 11.3 Å². The van der Waals surface area contributed by atoms with Crippen LogP contribution in [0.5, 0.6) is 0 Å². The molecule has 0 aliphatic heterocycles. The average molecular weight is 328 g/mol. The summed E-state index contributed by atoms with van der Waals surface area (Å²) in [6.07, 6.45) is 0.556. The van der Waals surface area contributed by atoms with Gasteiger partial charge in [-0.1, -0.05) is 31.1 Å². The van der Waals surface area contributed by atoms with E-state index in [-0.39, 0.29) is 11.9 Å². The van der Waals surface area contributed by atoms with Gasteiger partial charge in [-0.05, 0) is 50.8 Å². The lowest BCUT2D eigenvalue weighted by Crippen LogP contribution is -2.37. The van der Waals surface area contributed by atoms with E-state index in [0.29, 0.717) is 18.9 Å². The van der Waals surface area contributed by atoms with Gasteiger partial charge in [-0.2, -0.15) is 0 Å². The van der Waals surface area contributed by atoms with E-state index in [1.165, 1.54) is 11.1 Å². The minimum atomic E-state index is 0.137. The van der Waals surface area contributed by atoms with Gasteiger partial charge < -0.3 is 9.42 Å². The third kappa shape index (κ3) is 4.47. The largest absolute Gasteiger partial charge is 0.356 e. The van der Waals surface area contributed by atoms with E-state index in [1.807, 2.05) is 30.9 Å². The van der Waals surface area contributed by atoms with Gasteiger partial charge in [0.05, 0.1) is 6.54 Å². The topological polar surface area (TPSA) is 46.3 Å². The zero-order chi connectivity index (χ0) is 17.9. The van der Waals surface area contributed by atoms with Gasteiger partial charge in [0, 0.05) is 24.1 Å². The van der Waals surface area contributed by atoms with Crippen molar-refractivity contribution in [3.63, 3.8) is 0 Å². The molecule has 0 aliphatic carbocycles. The summed E-state index contributed by atoms with van der Waals surface area (Å²) >= 11 is 0. The second-order valence-electron chi connectivity index (χ2n) is 7.19. The van der Waals surface area contributed by atoms with Crippen LogP contribution in [0.1, 0.15) is 50.9 Å². The predicted octanol–water partition coefficient (Wildman–Crippen LogP) is 4.74. The SMILES string of the molecule is Cc1ccc(-c2cc(CN(C(=O)CC(C)C)C(C)C)no2)cc1C. The Balaban J connectivity index is 2.16. The molecule has 0 N–H and O–H groups in total. The van der Waals surface area contributed by atoms with Gasteiger partial charge in [-0.25, -0.2) is 0 Å². The van der Waals surface area contributed by atoms with Crippen LogP contribution in [0.15, 0.2) is 28.8 Å². The normalized spacial score (nSPS) is 11.3. The predicted molar refractivity (Wildman–Crippen MR) is 96.6 cm³/mol. The van der Waals surface area contributed by atoms with E-state index in [0.717, 1.165) is 17.0 Å². The molecule has 2 rings (SSSR count). The van der Waals surface area contributed by atoms with Crippen molar-refractivity contribution in [2.45, 2.75) is 60.5 Å². The number of hydrogen-bond acceptors (Lipinski definition) is 3. The summed E-state index contributed by atoms with van der Waals surface area (Å²) in [5, 5.41) is 4.16. The number of aromatic nitrogens is 1. The number of aryl methyl sites for hydroxylation is 2. The molecule has 1 aromatic heterocycles. The van der Waals surface area contributed by atoms with Crippen molar-refractivity contribution < 1.29 is 9.32 Å². The molecule has 2 aromatic rings. The van der Waals surface area contributed by atoms with Crippen LogP contribution < -0.4 is 0 Å². The van der Waals surface area contributed by atoms with Crippen molar-refractivity contribution in [1.29, 1.82) is 0 Å². The number of carbonyl (C=O) groups is 1. The molecular formula is C20H28N2O2. The minimum absolute atomic E-state index is 0.137. The standard InChI is InChI=1S/C20H28N2O2/c1-13(2)9-20(23)22(14(3)4)12-18-11-19(24-21-18)17-8-7-15(5)16(6)10-17/h7-8,10-11,13-14H,9,12H2,1-6H3. The van der Waals surface area contributed by atoms with E-state index in [9.17, 15) is 4.79 Å². The fourth-order valence-corrected chi connectivity index (χ4v) is 2.62. The van der Waals surface area contributed by atoms with E-state index >= 15 is 0 Å². The van der Waals surface area contributed by atoms with Gasteiger partial charge >= 0.3 is 0 Å². The monoisotopic (exact) mass is 328 g/mol. The Morgan fingerprint density at radius 2 is 1.83 bits per heavy atom. The van der Waals surface area contributed by atoms with Crippen molar-refractivity contribution in [1.82, 2.24) is 10.1 Å². The van der Waals surface area contributed by atoms with Crippen LogP contribution in [-0.2, 0) is 11.3 Å². The second-order valence-corrected chi connectivity index (χ2v) is 7.19. The molecule has 0 atom stereocenters. The van der Waals surface area contributed by atoms with Gasteiger partial charge in [-0.3, -0.25) is 4.79 Å². The molecule has 0 fully saturated rings. The molecular weight excluding hydrogens is 300 g/mol. The highest BCUT2D eigenvalue weighted by Gasteiger charge is 2.20. The van der Waals surface area contributed by atoms with Crippen molar-refractivity contribution >= 4 is 5.91 Å². The highest BCUT2D eigenvalue weighted by atomic mass is 16.5. The molecule has 0 aliphatic rings. The summed E-state index contributed by atoms with van der Waals surface area (Å²) in [5.41, 5.74) is 4.28. The Morgan fingerprint density at radius 3 is 2.42 bits per heavy atom. The van der Waals surface area contributed by atoms with Gasteiger partial charge in [0.25, 0.3) is 0 Å². The summed E-state index contributed by atoms with van der Waals surface area (Å²) < 4.78 is 5.50. The summed E-state index contributed by atoms with van der Waals surface area (Å²) in [4.78, 5) is 14.3. The van der Waals surface area contributed by atoms with Crippen LogP contribution >= 0.6 is 0 Å². The summed E-state index contributed by atoms with van der Waals surface area (Å²) in [6, 6.07) is 8.29. The molecule has 4 heteroatoms. The van der Waals surface area contributed by atoms with Crippen molar-refractivity contribution in [3.05, 3.63) is 41.1 Å². The molecule has 0 spiro atoms. The molecule has 0 saturated heterocycles. The maximum absolute atomic E-state index is 12.4. The van der Waals surface area contributed by atoms with E-state index < -0.39 is 0 Å². The first-order valence-electron chi connectivity index (χ1n) is 8.60. The number of hydrogen-bond donors (Lipinski definition) is 0. The molecule has 0 bridgehead atoms. The molecule has 1 amide bonds. The number of amides is 1. The maximum atomic E-state index is 12.4. The van der Waals surface area contributed by atoms with Gasteiger partial charge in [-0.15, -0.1) is 0 Å². The fourth-order valence-electron chi connectivity index (χ4n) is 2.62. The second kappa shape index (κ2) is 7.65. The zero-order valence-electron chi connectivity index (χ0n) is 15.6. The molecule has 4 nitrogen and oxygen atoms in total. The van der Waals surface area contributed by atoms with Crippen molar-refractivity contribution in [2.75, 3.05) is 0 Å². The van der Waals surface area contributed by atoms with E-state index in [4.69, 9.17) is 4.52 Å². The lowest BCUT2D eigenvalue weighted by atomic mass is 10.0.